The van der Waals surface area contributed by atoms with E-state index in [1.165, 1.54) is 5.01 Å². The number of hydrogen-bond donors (Lipinski definition) is 0. The summed E-state index contributed by atoms with van der Waals surface area (Å²) in [5.74, 6) is 0.489. The summed E-state index contributed by atoms with van der Waals surface area (Å²) in [5.41, 5.74) is 2.11. The Morgan fingerprint density at radius 1 is 1.33 bits per heavy atom. The van der Waals surface area contributed by atoms with E-state index in [0.717, 1.165) is 16.3 Å². The Morgan fingerprint density at radius 3 is 2.73 bits per heavy atom. The molecule has 1 nitrogen and oxygen atoms in total. The van der Waals surface area contributed by atoms with Crippen molar-refractivity contribution in [2.45, 2.75) is 19.8 Å². The van der Waals surface area contributed by atoms with E-state index in [1.54, 1.807) is 11.3 Å². The average molecular weight is 238 g/mol. The maximum absolute atomic E-state index is 5.94. The fraction of sp³-hybridized carbons (Fsp3) is 0.250. The maximum Gasteiger partial charge on any atom is 0.0958 e. The first-order valence-corrected chi connectivity index (χ1v) is 6.14. The number of thiazole rings is 1. The lowest BCUT2D eigenvalue weighted by Gasteiger charge is -1.98. The first-order chi connectivity index (χ1) is 7.16. The topological polar surface area (TPSA) is 12.9 Å². The molecule has 3 heteroatoms. The van der Waals surface area contributed by atoms with Gasteiger partial charge in [-0.05, 0) is 12.1 Å². The molecule has 1 heterocycles. The van der Waals surface area contributed by atoms with Crippen LogP contribution in [0.3, 0.4) is 0 Å². The predicted molar refractivity (Wildman–Crippen MR) is 66.6 cm³/mol. The summed E-state index contributed by atoms with van der Waals surface area (Å²) in [6, 6.07) is 7.80. The van der Waals surface area contributed by atoms with E-state index in [2.05, 4.69) is 24.2 Å². The van der Waals surface area contributed by atoms with Gasteiger partial charge >= 0.3 is 0 Å². The van der Waals surface area contributed by atoms with E-state index >= 15 is 0 Å². The van der Waals surface area contributed by atoms with Crippen LogP contribution in [0.15, 0.2) is 29.6 Å². The van der Waals surface area contributed by atoms with Crippen LogP contribution >= 0.6 is 22.9 Å². The Kier molecular flexibility index (Phi) is 3.08. The molecule has 0 aliphatic heterocycles. The molecule has 0 spiro atoms. The highest BCUT2D eigenvalue weighted by molar-refractivity contribution is 7.10. The Morgan fingerprint density at radius 2 is 2.13 bits per heavy atom. The average Bonchev–Trinajstić information content (AvgIpc) is 2.66. The summed E-state index contributed by atoms with van der Waals surface area (Å²) >= 11 is 7.64. The van der Waals surface area contributed by atoms with Gasteiger partial charge in [-0.2, -0.15) is 0 Å². The number of rotatable bonds is 2. The highest BCUT2D eigenvalue weighted by atomic mass is 35.5. The van der Waals surface area contributed by atoms with Crippen LogP contribution in [-0.4, -0.2) is 4.98 Å². The van der Waals surface area contributed by atoms with Crippen LogP contribution in [-0.2, 0) is 0 Å². The molecule has 0 bridgehead atoms. The molecule has 0 aliphatic rings. The summed E-state index contributed by atoms with van der Waals surface area (Å²) in [6.45, 7) is 4.31. The monoisotopic (exact) mass is 237 g/mol. The summed E-state index contributed by atoms with van der Waals surface area (Å²) < 4.78 is 0. The second-order valence-electron chi connectivity index (χ2n) is 3.74. The maximum atomic E-state index is 5.94. The van der Waals surface area contributed by atoms with Crippen LogP contribution < -0.4 is 0 Å². The first-order valence-electron chi connectivity index (χ1n) is 4.88. The van der Waals surface area contributed by atoms with Gasteiger partial charge < -0.3 is 0 Å². The third-order valence-corrected chi connectivity index (χ3v) is 3.52. The van der Waals surface area contributed by atoms with Gasteiger partial charge in [-0.15, -0.1) is 11.3 Å². The molecule has 15 heavy (non-hydrogen) atoms. The number of aromatic nitrogens is 1. The van der Waals surface area contributed by atoms with Crippen LogP contribution in [0.4, 0.5) is 0 Å². The molecule has 1 aromatic carbocycles. The molecule has 1 aromatic heterocycles. The van der Waals surface area contributed by atoms with Crippen molar-refractivity contribution in [2.24, 2.45) is 0 Å². The highest BCUT2D eigenvalue weighted by Gasteiger charge is 2.07. The van der Waals surface area contributed by atoms with Crippen molar-refractivity contribution in [1.29, 1.82) is 0 Å². The largest absolute Gasteiger partial charge is 0.241 e. The minimum atomic E-state index is 0.489. The van der Waals surface area contributed by atoms with Crippen LogP contribution in [0.25, 0.3) is 11.3 Å². The Bertz CT molecular complexity index is 462. The zero-order valence-corrected chi connectivity index (χ0v) is 10.3. The van der Waals surface area contributed by atoms with Gasteiger partial charge in [0.1, 0.15) is 0 Å². The highest BCUT2D eigenvalue weighted by Crippen LogP contribution is 2.27. The molecule has 0 saturated carbocycles. The molecule has 0 unspecified atom stereocenters. The SMILES string of the molecule is CC(C)c1nc(-c2cccc(Cl)c2)cs1. The summed E-state index contributed by atoms with van der Waals surface area (Å²) in [4.78, 5) is 4.58. The third-order valence-electron chi connectivity index (χ3n) is 2.14. The van der Waals surface area contributed by atoms with Crippen molar-refractivity contribution in [1.82, 2.24) is 4.98 Å². The third kappa shape index (κ3) is 2.39. The van der Waals surface area contributed by atoms with Gasteiger partial charge in [-0.3, -0.25) is 0 Å². The summed E-state index contributed by atoms with van der Waals surface area (Å²) in [5, 5.41) is 4.01. The fourth-order valence-electron chi connectivity index (χ4n) is 1.33. The normalized spacial score (nSPS) is 10.9. The van der Waals surface area contributed by atoms with Gasteiger partial charge in [0.15, 0.2) is 0 Å². The number of halogens is 1. The molecule has 0 N–H and O–H groups in total. The molecular weight excluding hydrogens is 226 g/mol. The quantitative estimate of drug-likeness (QED) is 0.745. The van der Waals surface area contributed by atoms with Crippen LogP contribution in [0.1, 0.15) is 24.8 Å². The molecule has 0 atom stereocenters. The van der Waals surface area contributed by atoms with Gasteiger partial charge in [-0.1, -0.05) is 37.6 Å². The molecule has 0 saturated heterocycles. The van der Waals surface area contributed by atoms with Crippen molar-refractivity contribution >= 4 is 22.9 Å². The van der Waals surface area contributed by atoms with E-state index in [1.807, 2.05) is 24.3 Å². The first kappa shape index (κ1) is 10.7. The molecule has 0 amide bonds. The lowest BCUT2D eigenvalue weighted by atomic mass is 10.2. The van der Waals surface area contributed by atoms with E-state index in [-0.39, 0.29) is 0 Å². The van der Waals surface area contributed by atoms with E-state index in [9.17, 15) is 0 Å². The lowest BCUT2D eigenvalue weighted by Crippen LogP contribution is -1.85. The molecule has 2 aromatic rings. The predicted octanol–water partition coefficient (Wildman–Crippen LogP) is 4.59. The van der Waals surface area contributed by atoms with E-state index in [0.29, 0.717) is 5.92 Å². The Labute approximate surface area is 98.7 Å². The second kappa shape index (κ2) is 4.33. The molecule has 0 radical (unpaired) electrons. The summed E-state index contributed by atoms with van der Waals surface area (Å²) in [6.07, 6.45) is 0. The molecular formula is C12H12ClNS. The van der Waals surface area contributed by atoms with Gasteiger partial charge in [0.25, 0.3) is 0 Å². The smallest absolute Gasteiger partial charge is 0.0958 e. The Balaban J connectivity index is 2.37. The zero-order chi connectivity index (χ0) is 10.8. The number of nitrogens with zero attached hydrogens (tertiary/aromatic N) is 1. The van der Waals surface area contributed by atoms with Crippen molar-refractivity contribution in [3.63, 3.8) is 0 Å². The molecule has 0 fully saturated rings. The molecule has 78 valence electrons. The standard InChI is InChI=1S/C12H12ClNS/c1-8(2)12-14-11(7-15-12)9-4-3-5-10(13)6-9/h3-8H,1-2H3. The van der Waals surface area contributed by atoms with Gasteiger partial charge in [0.05, 0.1) is 10.7 Å². The van der Waals surface area contributed by atoms with Crippen LogP contribution in [0.2, 0.25) is 5.02 Å². The zero-order valence-electron chi connectivity index (χ0n) is 8.70. The van der Waals surface area contributed by atoms with Crippen molar-refractivity contribution in [2.75, 3.05) is 0 Å². The van der Waals surface area contributed by atoms with Crippen molar-refractivity contribution in [3.05, 3.63) is 39.7 Å². The molecule has 0 aliphatic carbocycles. The van der Waals surface area contributed by atoms with Gasteiger partial charge in [0, 0.05) is 21.9 Å². The van der Waals surface area contributed by atoms with Crippen LogP contribution in [0.5, 0.6) is 0 Å². The Hall–Kier alpha value is -0.860. The van der Waals surface area contributed by atoms with Gasteiger partial charge in [-0.25, -0.2) is 4.98 Å². The second-order valence-corrected chi connectivity index (χ2v) is 5.06. The van der Waals surface area contributed by atoms with Crippen LogP contribution in [0, 0.1) is 0 Å². The summed E-state index contributed by atoms with van der Waals surface area (Å²) in [7, 11) is 0. The fourth-order valence-corrected chi connectivity index (χ4v) is 2.37. The van der Waals surface area contributed by atoms with E-state index in [4.69, 9.17) is 11.6 Å². The molecule has 2 rings (SSSR count). The minimum absolute atomic E-state index is 0.489. The van der Waals surface area contributed by atoms with Crippen molar-refractivity contribution < 1.29 is 0 Å². The lowest BCUT2D eigenvalue weighted by molar-refractivity contribution is 0.853. The van der Waals surface area contributed by atoms with Crippen molar-refractivity contribution in [3.8, 4) is 11.3 Å². The number of benzene rings is 1. The van der Waals surface area contributed by atoms with E-state index < -0.39 is 0 Å². The number of hydrogen-bond acceptors (Lipinski definition) is 2. The van der Waals surface area contributed by atoms with Gasteiger partial charge in [0.2, 0.25) is 0 Å². The minimum Gasteiger partial charge on any atom is -0.241 e.